The van der Waals surface area contributed by atoms with Gasteiger partial charge in [0.1, 0.15) is 0 Å². The Hall–Kier alpha value is -2.42. The zero-order valence-electron chi connectivity index (χ0n) is 12.2. The van der Waals surface area contributed by atoms with Gasteiger partial charge in [0.05, 0.1) is 11.6 Å². The van der Waals surface area contributed by atoms with Crippen LogP contribution < -0.4 is 10.6 Å². The lowest BCUT2D eigenvalue weighted by molar-refractivity contribution is 1.38. The molecule has 0 heterocycles. The Morgan fingerprint density at radius 2 is 1.18 bits per heavy atom. The fourth-order valence-corrected chi connectivity index (χ4v) is 4.72. The van der Waals surface area contributed by atoms with Crippen LogP contribution in [0.15, 0.2) is 84.9 Å². The molecular weight excluding hydrogens is 285 g/mol. The summed E-state index contributed by atoms with van der Waals surface area (Å²) in [6.07, 6.45) is 0.995. The number of nitriles is 1. The van der Waals surface area contributed by atoms with E-state index in [1.165, 1.54) is 16.2 Å². The van der Waals surface area contributed by atoms with E-state index in [0.717, 1.165) is 6.16 Å². The van der Waals surface area contributed by atoms with Gasteiger partial charge in [-0.3, -0.25) is 0 Å². The first-order chi connectivity index (χ1) is 10.9. The number of hydrogen-bond donors (Lipinski definition) is 0. The molecule has 0 fully saturated rings. The molecule has 2 heteroatoms. The normalized spacial score (nSPS) is 10.4. The molecule has 3 aromatic rings. The van der Waals surface area contributed by atoms with E-state index in [0.29, 0.717) is 5.56 Å². The lowest BCUT2D eigenvalue weighted by atomic mass is 10.2. The molecule has 3 aromatic carbocycles. The Balaban J connectivity index is 1.94. The minimum atomic E-state index is -0.424. The second-order valence-electron chi connectivity index (χ2n) is 5.07. The van der Waals surface area contributed by atoms with Gasteiger partial charge in [-0.25, -0.2) is 0 Å². The van der Waals surface area contributed by atoms with E-state index in [1.807, 2.05) is 12.1 Å². The van der Waals surface area contributed by atoms with Crippen LogP contribution in [0.1, 0.15) is 11.1 Å². The summed E-state index contributed by atoms with van der Waals surface area (Å²) in [5.41, 5.74) is 1.99. The second kappa shape index (κ2) is 7.03. The Kier molecular flexibility index (Phi) is 4.64. The zero-order chi connectivity index (χ0) is 15.2. The van der Waals surface area contributed by atoms with Crippen LogP contribution in [0, 0.1) is 11.3 Å². The van der Waals surface area contributed by atoms with Crippen molar-refractivity contribution in [2.24, 2.45) is 0 Å². The van der Waals surface area contributed by atoms with Crippen LogP contribution in [0.25, 0.3) is 0 Å². The van der Waals surface area contributed by atoms with E-state index < -0.39 is 7.92 Å². The molecule has 0 N–H and O–H groups in total. The van der Waals surface area contributed by atoms with Crippen molar-refractivity contribution < 1.29 is 0 Å². The van der Waals surface area contributed by atoms with Gasteiger partial charge in [0.2, 0.25) is 0 Å². The lowest BCUT2D eigenvalue weighted by Gasteiger charge is -2.19. The van der Waals surface area contributed by atoms with Gasteiger partial charge in [-0.2, -0.15) is 5.26 Å². The summed E-state index contributed by atoms with van der Waals surface area (Å²) in [5.74, 6) is 0. The average Bonchev–Trinajstić information content (AvgIpc) is 2.62. The summed E-state index contributed by atoms with van der Waals surface area (Å²) in [5, 5.41) is 11.7. The van der Waals surface area contributed by atoms with E-state index in [-0.39, 0.29) is 0 Å². The highest BCUT2D eigenvalue weighted by molar-refractivity contribution is 7.72. The molecule has 0 spiro atoms. The maximum Gasteiger partial charge on any atom is 0.0991 e. The number of rotatable bonds is 4. The summed E-state index contributed by atoms with van der Waals surface area (Å²) >= 11 is 0. The van der Waals surface area contributed by atoms with Crippen molar-refractivity contribution in [3.05, 3.63) is 96.1 Å². The number of hydrogen-bond acceptors (Lipinski definition) is 1. The smallest absolute Gasteiger partial charge is 0.0991 e. The van der Waals surface area contributed by atoms with Crippen LogP contribution in [-0.4, -0.2) is 0 Å². The first-order valence-corrected chi connectivity index (χ1v) is 8.76. The summed E-state index contributed by atoms with van der Waals surface area (Å²) in [6, 6.07) is 31.5. The molecule has 1 nitrogen and oxygen atoms in total. The molecule has 0 saturated heterocycles. The fourth-order valence-electron chi connectivity index (χ4n) is 2.41. The summed E-state index contributed by atoms with van der Waals surface area (Å²) in [4.78, 5) is 0. The monoisotopic (exact) mass is 301 g/mol. The minimum absolute atomic E-state index is 0.424. The molecule has 0 amide bonds. The van der Waals surface area contributed by atoms with Crippen LogP contribution in [0.5, 0.6) is 0 Å². The van der Waals surface area contributed by atoms with Crippen LogP contribution >= 0.6 is 7.92 Å². The van der Waals surface area contributed by atoms with Crippen molar-refractivity contribution in [3.8, 4) is 6.07 Å². The second-order valence-corrected chi connectivity index (χ2v) is 7.27. The third-order valence-corrected chi connectivity index (χ3v) is 6.08. The molecule has 0 aliphatic rings. The maximum atomic E-state index is 8.92. The number of benzene rings is 3. The van der Waals surface area contributed by atoms with Gasteiger partial charge in [0.15, 0.2) is 0 Å². The van der Waals surface area contributed by atoms with E-state index in [2.05, 4.69) is 78.9 Å². The first-order valence-electron chi connectivity index (χ1n) is 7.23. The Morgan fingerprint density at radius 3 is 1.64 bits per heavy atom. The summed E-state index contributed by atoms with van der Waals surface area (Å²) in [7, 11) is -0.424. The quantitative estimate of drug-likeness (QED) is 0.663. The minimum Gasteiger partial charge on any atom is -0.192 e. The van der Waals surface area contributed by atoms with Gasteiger partial charge >= 0.3 is 0 Å². The van der Waals surface area contributed by atoms with Crippen LogP contribution in [-0.2, 0) is 6.16 Å². The van der Waals surface area contributed by atoms with Gasteiger partial charge in [-0.15, -0.1) is 0 Å². The molecule has 22 heavy (non-hydrogen) atoms. The molecule has 0 aliphatic heterocycles. The van der Waals surface area contributed by atoms with Crippen molar-refractivity contribution in [2.45, 2.75) is 6.16 Å². The van der Waals surface area contributed by atoms with Gasteiger partial charge in [-0.1, -0.05) is 72.8 Å². The molecule has 0 bridgehead atoms. The van der Waals surface area contributed by atoms with Crippen molar-refractivity contribution in [1.82, 2.24) is 0 Å². The van der Waals surface area contributed by atoms with E-state index in [1.54, 1.807) is 0 Å². The van der Waals surface area contributed by atoms with Crippen molar-refractivity contribution >= 4 is 18.5 Å². The van der Waals surface area contributed by atoms with Crippen LogP contribution in [0.3, 0.4) is 0 Å². The highest BCUT2D eigenvalue weighted by Gasteiger charge is 2.13. The van der Waals surface area contributed by atoms with E-state index in [9.17, 15) is 0 Å². The van der Waals surface area contributed by atoms with Crippen molar-refractivity contribution in [1.29, 1.82) is 5.26 Å². The fraction of sp³-hybridized carbons (Fsp3) is 0.0500. The van der Waals surface area contributed by atoms with Gasteiger partial charge in [0, 0.05) is 6.16 Å². The third-order valence-electron chi connectivity index (χ3n) is 3.56. The SMILES string of the molecule is N#Cc1ccc(CP(c2ccccc2)c2ccccc2)cc1. The van der Waals surface area contributed by atoms with Crippen LogP contribution in [0.4, 0.5) is 0 Å². The van der Waals surface area contributed by atoms with Crippen molar-refractivity contribution in [3.63, 3.8) is 0 Å². The van der Waals surface area contributed by atoms with Gasteiger partial charge in [0.25, 0.3) is 0 Å². The Labute approximate surface area is 132 Å². The molecule has 3 rings (SSSR count). The Morgan fingerprint density at radius 1 is 0.682 bits per heavy atom. The molecule has 0 radical (unpaired) electrons. The highest BCUT2D eigenvalue weighted by atomic mass is 31.1. The van der Waals surface area contributed by atoms with Crippen LogP contribution in [0.2, 0.25) is 0 Å². The lowest BCUT2D eigenvalue weighted by Crippen LogP contribution is -2.12. The largest absolute Gasteiger partial charge is 0.192 e. The standard InChI is InChI=1S/C20H16NP/c21-15-17-11-13-18(14-12-17)16-22(19-7-3-1-4-8-19)20-9-5-2-6-10-20/h1-14H,16H2. The maximum absolute atomic E-state index is 8.92. The average molecular weight is 301 g/mol. The van der Waals surface area contributed by atoms with E-state index in [4.69, 9.17) is 5.26 Å². The Bertz CT molecular complexity index is 719. The topological polar surface area (TPSA) is 23.8 Å². The molecule has 0 aliphatic carbocycles. The molecule has 106 valence electrons. The van der Waals surface area contributed by atoms with Gasteiger partial charge in [-0.05, 0) is 36.2 Å². The molecule has 0 unspecified atom stereocenters. The zero-order valence-corrected chi connectivity index (χ0v) is 13.1. The molecular formula is C20H16NP. The molecule has 0 saturated carbocycles. The summed E-state index contributed by atoms with van der Waals surface area (Å²) in [6.45, 7) is 0. The van der Waals surface area contributed by atoms with Crippen molar-refractivity contribution in [2.75, 3.05) is 0 Å². The van der Waals surface area contributed by atoms with Gasteiger partial charge < -0.3 is 0 Å². The third kappa shape index (κ3) is 3.42. The number of nitrogens with zero attached hydrogens (tertiary/aromatic N) is 1. The predicted octanol–water partition coefficient (Wildman–Crippen LogP) is 4.19. The highest BCUT2D eigenvalue weighted by Crippen LogP contribution is 2.37. The summed E-state index contributed by atoms with van der Waals surface area (Å²) < 4.78 is 0. The molecule has 0 atom stereocenters. The van der Waals surface area contributed by atoms with E-state index >= 15 is 0 Å². The molecule has 0 aromatic heterocycles. The first kappa shape index (κ1) is 14.5. The predicted molar refractivity (Wildman–Crippen MR) is 93.9 cm³/mol.